The molecule has 1 heterocycles. The van der Waals surface area contributed by atoms with E-state index in [1.807, 2.05) is 0 Å². The van der Waals surface area contributed by atoms with E-state index in [4.69, 9.17) is 5.73 Å². The van der Waals surface area contributed by atoms with E-state index >= 15 is 0 Å². The van der Waals surface area contributed by atoms with Crippen molar-refractivity contribution in [1.29, 1.82) is 0 Å². The van der Waals surface area contributed by atoms with E-state index < -0.39 is 11.6 Å². The van der Waals surface area contributed by atoms with Gasteiger partial charge < -0.3 is 10.6 Å². The van der Waals surface area contributed by atoms with Crippen molar-refractivity contribution in [2.45, 2.75) is 13.1 Å². The summed E-state index contributed by atoms with van der Waals surface area (Å²) in [5.41, 5.74) is 5.96. The maximum absolute atomic E-state index is 13.5. The molecule has 0 spiro atoms. The molecule has 2 N–H and O–H groups in total. The minimum absolute atomic E-state index is 0.0421. The summed E-state index contributed by atoms with van der Waals surface area (Å²) in [6.07, 6.45) is 0. The number of amides is 1. The second-order valence-electron chi connectivity index (χ2n) is 4.23. The van der Waals surface area contributed by atoms with Gasteiger partial charge in [0.2, 0.25) is 0 Å². The molecule has 0 bridgehead atoms. The summed E-state index contributed by atoms with van der Waals surface area (Å²) < 4.78 is 26.3. The van der Waals surface area contributed by atoms with Crippen LogP contribution in [0, 0.1) is 11.6 Å². The van der Waals surface area contributed by atoms with E-state index in [9.17, 15) is 13.6 Å². The SMILES string of the molecule is CN(Cc1ccc(F)cc1F)C(=O)c1csc(CN)n1. The smallest absolute Gasteiger partial charge is 0.273 e. The fourth-order valence-corrected chi connectivity index (χ4v) is 2.32. The molecule has 4 nitrogen and oxygen atoms in total. The van der Waals surface area contributed by atoms with Crippen molar-refractivity contribution in [3.63, 3.8) is 0 Å². The van der Waals surface area contributed by atoms with E-state index in [-0.39, 0.29) is 30.3 Å². The Morgan fingerprint density at radius 2 is 2.20 bits per heavy atom. The van der Waals surface area contributed by atoms with Crippen molar-refractivity contribution >= 4 is 17.2 Å². The van der Waals surface area contributed by atoms with Crippen LogP contribution in [-0.4, -0.2) is 22.8 Å². The second kappa shape index (κ2) is 6.06. The molecule has 0 atom stereocenters. The minimum Gasteiger partial charge on any atom is -0.336 e. The molecule has 0 aliphatic rings. The Morgan fingerprint density at radius 1 is 1.45 bits per heavy atom. The second-order valence-corrected chi connectivity index (χ2v) is 5.17. The molecule has 0 saturated carbocycles. The fraction of sp³-hybridized carbons (Fsp3) is 0.231. The molecule has 0 radical (unpaired) electrons. The van der Waals surface area contributed by atoms with Crippen molar-refractivity contribution in [3.05, 3.63) is 51.5 Å². The molecule has 1 aromatic heterocycles. The molecule has 0 unspecified atom stereocenters. The molecular formula is C13H13F2N3OS. The first kappa shape index (κ1) is 14.5. The summed E-state index contributed by atoms with van der Waals surface area (Å²) in [6, 6.07) is 3.27. The predicted molar refractivity (Wildman–Crippen MR) is 72.2 cm³/mol. The van der Waals surface area contributed by atoms with E-state index in [1.165, 1.54) is 29.4 Å². The van der Waals surface area contributed by atoms with Crippen LogP contribution in [0.1, 0.15) is 21.1 Å². The molecule has 0 fully saturated rings. The Balaban J connectivity index is 2.11. The Morgan fingerprint density at radius 3 is 2.80 bits per heavy atom. The predicted octanol–water partition coefficient (Wildman–Crippen LogP) is 2.15. The van der Waals surface area contributed by atoms with E-state index in [2.05, 4.69) is 4.98 Å². The zero-order valence-corrected chi connectivity index (χ0v) is 11.6. The molecule has 2 aromatic rings. The quantitative estimate of drug-likeness (QED) is 0.940. The monoisotopic (exact) mass is 297 g/mol. The summed E-state index contributed by atoms with van der Waals surface area (Å²) >= 11 is 1.30. The molecule has 1 aromatic carbocycles. The maximum atomic E-state index is 13.5. The molecule has 1 amide bonds. The van der Waals surface area contributed by atoms with Gasteiger partial charge in [-0.05, 0) is 6.07 Å². The molecule has 7 heteroatoms. The summed E-state index contributed by atoms with van der Waals surface area (Å²) in [5, 5.41) is 2.27. The highest BCUT2D eigenvalue weighted by Gasteiger charge is 2.17. The molecule has 2 rings (SSSR count). The number of carbonyl (C=O) groups excluding carboxylic acids is 1. The largest absolute Gasteiger partial charge is 0.336 e. The van der Waals surface area contributed by atoms with E-state index in [1.54, 1.807) is 5.38 Å². The van der Waals surface area contributed by atoms with Gasteiger partial charge in [-0.3, -0.25) is 4.79 Å². The van der Waals surface area contributed by atoms with Crippen molar-refractivity contribution in [1.82, 2.24) is 9.88 Å². The lowest BCUT2D eigenvalue weighted by Crippen LogP contribution is -2.27. The lowest BCUT2D eigenvalue weighted by atomic mass is 10.2. The first-order valence-electron chi connectivity index (χ1n) is 5.85. The number of nitrogens with two attached hydrogens (primary N) is 1. The first-order chi connectivity index (χ1) is 9.51. The van der Waals surface area contributed by atoms with Crippen molar-refractivity contribution in [2.75, 3.05) is 7.05 Å². The average molecular weight is 297 g/mol. The summed E-state index contributed by atoms with van der Waals surface area (Å²) in [6.45, 7) is 0.314. The van der Waals surface area contributed by atoms with Gasteiger partial charge in [0.25, 0.3) is 5.91 Å². The van der Waals surface area contributed by atoms with Gasteiger partial charge >= 0.3 is 0 Å². The first-order valence-corrected chi connectivity index (χ1v) is 6.73. The zero-order chi connectivity index (χ0) is 14.7. The number of rotatable bonds is 4. The highest BCUT2D eigenvalue weighted by atomic mass is 32.1. The Kier molecular flexibility index (Phi) is 4.41. The number of aromatic nitrogens is 1. The van der Waals surface area contributed by atoms with Crippen LogP contribution in [0.4, 0.5) is 8.78 Å². The standard InChI is InChI=1S/C13H13F2N3OS/c1-18(6-8-2-3-9(14)4-10(8)15)13(19)11-7-20-12(5-16)17-11/h2-4,7H,5-6,16H2,1H3. The number of halogens is 2. The maximum Gasteiger partial charge on any atom is 0.273 e. The Bertz CT molecular complexity index is 630. The van der Waals surface area contributed by atoms with Crippen LogP contribution in [0.2, 0.25) is 0 Å². The van der Waals surface area contributed by atoms with E-state index in [0.29, 0.717) is 5.01 Å². The lowest BCUT2D eigenvalue weighted by molar-refractivity contribution is 0.0778. The number of hydrogen-bond acceptors (Lipinski definition) is 4. The molecule has 0 aliphatic heterocycles. The summed E-state index contributed by atoms with van der Waals surface area (Å²) in [7, 11) is 1.53. The minimum atomic E-state index is -0.675. The normalized spacial score (nSPS) is 10.6. The molecular weight excluding hydrogens is 284 g/mol. The van der Waals surface area contributed by atoms with Crippen LogP contribution in [0.3, 0.4) is 0 Å². The van der Waals surface area contributed by atoms with Crippen LogP contribution < -0.4 is 5.73 Å². The number of hydrogen-bond donors (Lipinski definition) is 1. The van der Waals surface area contributed by atoms with Gasteiger partial charge in [-0.1, -0.05) is 6.07 Å². The van der Waals surface area contributed by atoms with Crippen molar-refractivity contribution in [2.24, 2.45) is 5.73 Å². The van der Waals surface area contributed by atoms with Gasteiger partial charge in [-0.15, -0.1) is 11.3 Å². The third-order valence-corrected chi connectivity index (χ3v) is 3.59. The zero-order valence-electron chi connectivity index (χ0n) is 10.8. The molecule has 20 heavy (non-hydrogen) atoms. The van der Waals surface area contributed by atoms with Gasteiger partial charge in [-0.25, -0.2) is 13.8 Å². The number of carbonyl (C=O) groups is 1. The molecule has 0 aliphatic carbocycles. The van der Waals surface area contributed by atoms with Gasteiger partial charge in [0.1, 0.15) is 22.3 Å². The van der Waals surface area contributed by atoms with Crippen LogP contribution in [0.5, 0.6) is 0 Å². The number of benzene rings is 1. The van der Waals surface area contributed by atoms with E-state index in [0.717, 1.165) is 12.1 Å². The van der Waals surface area contributed by atoms with Crippen molar-refractivity contribution in [3.8, 4) is 0 Å². The van der Waals surface area contributed by atoms with Crippen LogP contribution >= 0.6 is 11.3 Å². The third-order valence-electron chi connectivity index (χ3n) is 2.71. The fourth-order valence-electron chi connectivity index (χ4n) is 1.68. The van der Waals surface area contributed by atoms with Crippen LogP contribution in [0.25, 0.3) is 0 Å². The van der Waals surface area contributed by atoms with Gasteiger partial charge in [0, 0.05) is 37.1 Å². The third kappa shape index (κ3) is 3.17. The van der Waals surface area contributed by atoms with Gasteiger partial charge in [0.15, 0.2) is 0 Å². The van der Waals surface area contributed by atoms with Crippen LogP contribution in [0.15, 0.2) is 23.6 Å². The summed E-state index contributed by atoms with van der Waals surface area (Å²) in [4.78, 5) is 17.5. The Labute approximate surface area is 118 Å². The number of thiazole rings is 1. The average Bonchev–Trinajstić information content (AvgIpc) is 2.89. The number of nitrogens with zero attached hydrogens (tertiary/aromatic N) is 2. The molecule has 106 valence electrons. The summed E-state index contributed by atoms with van der Waals surface area (Å²) in [5.74, 6) is -1.65. The Hall–Kier alpha value is -1.86. The lowest BCUT2D eigenvalue weighted by Gasteiger charge is -2.16. The topological polar surface area (TPSA) is 59.2 Å². The van der Waals surface area contributed by atoms with Crippen LogP contribution in [-0.2, 0) is 13.1 Å². The van der Waals surface area contributed by atoms with Gasteiger partial charge in [0.05, 0.1) is 0 Å². The highest BCUT2D eigenvalue weighted by Crippen LogP contribution is 2.15. The molecule has 0 saturated heterocycles. The highest BCUT2D eigenvalue weighted by molar-refractivity contribution is 7.09. The van der Waals surface area contributed by atoms with Gasteiger partial charge in [-0.2, -0.15) is 0 Å². The van der Waals surface area contributed by atoms with Crippen molar-refractivity contribution < 1.29 is 13.6 Å².